The third-order valence-corrected chi connectivity index (χ3v) is 3.25. The van der Waals surface area contributed by atoms with Crippen molar-refractivity contribution in [2.24, 2.45) is 0 Å². The first kappa shape index (κ1) is 21.9. The molecule has 3 rings (SSSR count). The van der Waals surface area contributed by atoms with E-state index in [1.54, 1.807) is 20.0 Å². The molecule has 2 saturated carbocycles. The van der Waals surface area contributed by atoms with Crippen LogP contribution >= 0.6 is 0 Å². The smallest absolute Gasteiger partial charge is 0.454 e. The fraction of sp³-hybridized carbons (Fsp3) is 0.389. The van der Waals surface area contributed by atoms with E-state index in [-0.39, 0.29) is 29.1 Å². The second-order valence-corrected chi connectivity index (χ2v) is 5.11. The first-order chi connectivity index (χ1) is 11.2. The quantitative estimate of drug-likeness (QED) is 0.557. The molecule has 0 aromatic carbocycles. The van der Waals surface area contributed by atoms with Gasteiger partial charge in [0.25, 0.3) is 0 Å². The topological polar surface area (TPSA) is 54.0 Å². The molecule has 24 heavy (non-hydrogen) atoms. The van der Waals surface area contributed by atoms with E-state index in [2.05, 4.69) is 0 Å². The SMILES string of the molecule is COC[C@@H]1CCO[C@H]([C]2[CH][CH][CH][C]2OC(C)=O)O1.[CH]1[CH][CH][CH][CH]1.[Fe+2]. The molecule has 6 heteroatoms. The zero-order valence-electron chi connectivity index (χ0n) is 13.8. The number of ether oxygens (including phenoxy) is 4. The monoisotopic (exact) mass is 374 g/mol. The number of hydrogen-bond acceptors (Lipinski definition) is 5. The first-order valence-electron chi connectivity index (χ1n) is 7.57. The summed E-state index contributed by atoms with van der Waals surface area (Å²) in [6.45, 7) is 2.50. The molecular formula is C18H22FeO5+2. The van der Waals surface area contributed by atoms with Crippen LogP contribution in [-0.2, 0) is 40.8 Å². The van der Waals surface area contributed by atoms with E-state index in [9.17, 15) is 4.79 Å². The van der Waals surface area contributed by atoms with Crippen LogP contribution in [0.25, 0.3) is 0 Å². The standard InChI is InChI=1S/C13H17O5.C5H5.Fe/c1-9(14)17-12-5-3-4-11(12)13-16-7-6-10(18-13)8-15-2;1-2-4-5-3-1;/h3-5,10,13H,6-8H2,1-2H3;1-5H;/q;;+2/t10-,13-;;/m0../s1. The second kappa shape index (κ2) is 12.3. The number of esters is 1. The van der Waals surface area contributed by atoms with Crippen LogP contribution in [0.2, 0.25) is 0 Å². The minimum atomic E-state index is -0.497. The van der Waals surface area contributed by atoms with E-state index in [0.29, 0.717) is 19.3 Å². The molecule has 0 spiro atoms. The van der Waals surface area contributed by atoms with Gasteiger partial charge in [0, 0.05) is 20.5 Å². The molecule has 0 aromatic rings. The Hall–Kier alpha value is -0.131. The van der Waals surface area contributed by atoms with Crippen LogP contribution in [0.3, 0.4) is 0 Å². The first-order valence-corrected chi connectivity index (χ1v) is 7.57. The number of hydrogen-bond donors (Lipinski definition) is 0. The van der Waals surface area contributed by atoms with Crippen LogP contribution in [0.1, 0.15) is 13.3 Å². The van der Waals surface area contributed by atoms with Crippen LogP contribution in [0.5, 0.6) is 0 Å². The molecule has 3 fully saturated rings. The van der Waals surface area contributed by atoms with Crippen molar-refractivity contribution in [1.29, 1.82) is 0 Å². The molecule has 1 aliphatic heterocycles. The van der Waals surface area contributed by atoms with Crippen LogP contribution in [0, 0.1) is 63.4 Å². The molecule has 1 heterocycles. The Bertz CT molecular complexity index is 339. The van der Waals surface area contributed by atoms with Gasteiger partial charge in [-0.05, 0) is 51.4 Å². The maximum absolute atomic E-state index is 11.0. The van der Waals surface area contributed by atoms with E-state index < -0.39 is 6.29 Å². The normalized spacial score (nSPS) is 27.9. The summed E-state index contributed by atoms with van der Waals surface area (Å²) in [4.78, 5) is 11.0. The zero-order valence-corrected chi connectivity index (χ0v) is 14.9. The number of methoxy groups -OCH3 is 1. The van der Waals surface area contributed by atoms with Gasteiger partial charge in [0.2, 0.25) is 0 Å². The third-order valence-electron chi connectivity index (χ3n) is 3.25. The van der Waals surface area contributed by atoms with Crippen molar-refractivity contribution >= 4 is 5.97 Å². The molecule has 2 aliphatic carbocycles. The predicted octanol–water partition coefficient (Wildman–Crippen LogP) is 2.08. The average Bonchev–Trinajstić information content (AvgIpc) is 3.22. The minimum absolute atomic E-state index is 0. The molecule has 130 valence electrons. The van der Waals surface area contributed by atoms with Crippen molar-refractivity contribution in [3.8, 4) is 0 Å². The van der Waals surface area contributed by atoms with Gasteiger partial charge in [0.15, 0.2) is 12.4 Å². The van der Waals surface area contributed by atoms with Gasteiger partial charge in [-0.1, -0.05) is 0 Å². The van der Waals surface area contributed by atoms with Gasteiger partial charge in [-0.15, -0.1) is 0 Å². The summed E-state index contributed by atoms with van der Waals surface area (Å²) in [5, 5.41) is 0. The number of carbonyl (C=O) groups excluding carboxylic acids is 1. The van der Waals surface area contributed by atoms with E-state index >= 15 is 0 Å². The van der Waals surface area contributed by atoms with Crippen LogP contribution in [-0.4, -0.2) is 38.7 Å². The fourth-order valence-corrected chi connectivity index (χ4v) is 2.24. The molecule has 2 atom stereocenters. The molecule has 0 unspecified atom stereocenters. The Morgan fingerprint density at radius 1 is 1.17 bits per heavy atom. The molecule has 0 bridgehead atoms. The van der Waals surface area contributed by atoms with Gasteiger partial charge in [-0.2, -0.15) is 0 Å². The van der Waals surface area contributed by atoms with Gasteiger partial charge >= 0.3 is 23.0 Å². The summed E-state index contributed by atoms with van der Waals surface area (Å²) in [7, 11) is 1.64. The maximum atomic E-state index is 11.0. The fourth-order valence-electron chi connectivity index (χ4n) is 2.24. The second-order valence-electron chi connectivity index (χ2n) is 5.11. The van der Waals surface area contributed by atoms with Gasteiger partial charge in [-0.25, -0.2) is 0 Å². The Morgan fingerprint density at radius 3 is 2.42 bits per heavy atom. The van der Waals surface area contributed by atoms with Gasteiger partial charge in [-0.3, -0.25) is 4.79 Å². The molecule has 1 saturated heterocycles. The molecule has 0 aromatic heterocycles. The number of carbonyl (C=O) groups is 1. The summed E-state index contributed by atoms with van der Waals surface area (Å²) in [6.07, 6.45) is 16.2. The Labute approximate surface area is 156 Å². The summed E-state index contributed by atoms with van der Waals surface area (Å²) < 4.78 is 21.5. The van der Waals surface area contributed by atoms with E-state index in [4.69, 9.17) is 18.9 Å². The largest absolute Gasteiger partial charge is 2.00 e. The summed E-state index contributed by atoms with van der Waals surface area (Å²) in [5.74, 6) is 0.387. The zero-order chi connectivity index (χ0) is 16.5. The molecular weight excluding hydrogens is 352 g/mol. The average molecular weight is 374 g/mol. The third kappa shape index (κ3) is 7.40. The van der Waals surface area contributed by atoms with Crippen molar-refractivity contribution < 1.29 is 40.8 Å². The Balaban J connectivity index is 0.000000412. The van der Waals surface area contributed by atoms with E-state index in [1.165, 1.54) is 6.92 Å². The summed E-state index contributed by atoms with van der Waals surface area (Å²) in [6, 6.07) is 0. The van der Waals surface area contributed by atoms with Crippen LogP contribution in [0.15, 0.2) is 0 Å². The van der Waals surface area contributed by atoms with E-state index in [0.717, 1.165) is 12.3 Å². The van der Waals surface area contributed by atoms with Crippen molar-refractivity contribution in [2.75, 3.05) is 20.3 Å². The van der Waals surface area contributed by atoms with Gasteiger partial charge in [0.05, 0.1) is 25.2 Å². The van der Waals surface area contributed by atoms with Crippen molar-refractivity contribution in [3.63, 3.8) is 0 Å². The summed E-state index contributed by atoms with van der Waals surface area (Å²) >= 11 is 0. The van der Waals surface area contributed by atoms with Crippen molar-refractivity contribution in [2.45, 2.75) is 25.7 Å². The predicted molar refractivity (Wildman–Crippen MR) is 83.8 cm³/mol. The van der Waals surface area contributed by atoms with Gasteiger partial charge in [0.1, 0.15) is 0 Å². The molecule has 0 N–H and O–H groups in total. The van der Waals surface area contributed by atoms with Crippen molar-refractivity contribution in [1.82, 2.24) is 0 Å². The molecule has 10 radical (unpaired) electrons. The molecule has 0 amide bonds. The van der Waals surface area contributed by atoms with Gasteiger partial charge < -0.3 is 18.9 Å². The number of rotatable bonds is 4. The Morgan fingerprint density at radius 2 is 1.83 bits per heavy atom. The molecule has 3 aliphatic rings. The van der Waals surface area contributed by atoms with Crippen LogP contribution < -0.4 is 0 Å². The summed E-state index contributed by atoms with van der Waals surface area (Å²) in [5.41, 5.74) is 0. The van der Waals surface area contributed by atoms with Crippen LogP contribution in [0.4, 0.5) is 0 Å². The minimum Gasteiger partial charge on any atom is -0.454 e. The van der Waals surface area contributed by atoms with Crippen molar-refractivity contribution in [3.05, 3.63) is 63.4 Å². The Kier molecular flexibility index (Phi) is 11.2. The van der Waals surface area contributed by atoms with E-state index in [1.807, 2.05) is 38.5 Å². The molecule has 5 nitrogen and oxygen atoms in total. The maximum Gasteiger partial charge on any atom is 2.00 e.